The minimum atomic E-state index is -7.99. The van der Waals surface area contributed by atoms with Gasteiger partial charge in [0.05, 0.1) is 0 Å². The van der Waals surface area contributed by atoms with Gasteiger partial charge in [-0.2, -0.15) is 39.5 Å². The standard InChI is InChI=1S/C6F10O3S/c7-2(8)1(17)3(9,5(12,13)14)20(18,19)6(15,16)4(2,10)11. The predicted octanol–water partition coefficient (Wildman–Crippen LogP) is 2.08. The van der Waals surface area contributed by atoms with Crippen molar-refractivity contribution >= 4 is 15.6 Å². The molecule has 0 aromatic rings. The summed E-state index contributed by atoms with van der Waals surface area (Å²) in [5.74, 6) is -18.4. The zero-order valence-corrected chi connectivity index (χ0v) is 9.23. The molecule has 1 aliphatic heterocycles. The first-order chi connectivity index (χ1) is 8.40. The summed E-state index contributed by atoms with van der Waals surface area (Å²) in [7, 11) is -7.99. The highest BCUT2D eigenvalue weighted by Gasteiger charge is 2.95. The third-order valence-corrected chi connectivity index (χ3v) is 4.50. The van der Waals surface area contributed by atoms with Gasteiger partial charge in [-0.3, -0.25) is 4.79 Å². The summed E-state index contributed by atoms with van der Waals surface area (Å²) in [6, 6.07) is 0. The Morgan fingerprint density at radius 3 is 1.50 bits per heavy atom. The van der Waals surface area contributed by atoms with Crippen LogP contribution in [0.2, 0.25) is 0 Å². The Balaban J connectivity index is 3.92. The number of hydrogen-bond donors (Lipinski definition) is 0. The fourth-order valence-corrected chi connectivity index (χ4v) is 2.77. The average molecular weight is 342 g/mol. The summed E-state index contributed by atoms with van der Waals surface area (Å²) in [4.78, 5) is 10.5. The molecule has 1 unspecified atom stereocenters. The van der Waals surface area contributed by atoms with Gasteiger partial charge in [-0.15, -0.1) is 0 Å². The van der Waals surface area contributed by atoms with Crippen LogP contribution in [0.25, 0.3) is 0 Å². The Kier molecular flexibility index (Phi) is 3.03. The molecule has 1 rings (SSSR count). The van der Waals surface area contributed by atoms with Gasteiger partial charge in [-0.1, -0.05) is 0 Å². The monoisotopic (exact) mass is 342 g/mol. The van der Waals surface area contributed by atoms with Crippen molar-refractivity contribution in [3.63, 3.8) is 0 Å². The Bertz CT molecular complexity index is 560. The van der Waals surface area contributed by atoms with Crippen LogP contribution >= 0.6 is 0 Å². The van der Waals surface area contributed by atoms with E-state index in [2.05, 4.69) is 0 Å². The lowest BCUT2D eigenvalue weighted by atomic mass is 10.0. The zero-order chi connectivity index (χ0) is 16.6. The Morgan fingerprint density at radius 2 is 1.20 bits per heavy atom. The number of carbonyl (C=O) groups is 1. The number of halogens is 10. The van der Waals surface area contributed by atoms with Crippen LogP contribution in [0.1, 0.15) is 0 Å². The molecule has 0 aliphatic carbocycles. The second-order valence-electron chi connectivity index (χ2n) is 3.59. The maximum atomic E-state index is 13.2. The van der Waals surface area contributed by atoms with Crippen molar-refractivity contribution in [1.82, 2.24) is 0 Å². The van der Waals surface area contributed by atoms with Crippen LogP contribution in [0.15, 0.2) is 0 Å². The minimum absolute atomic E-state index is 4.52. The van der Waals surface area contributed by atoms with Gasteiger partial charge in [0.2, 0.25) is 0 Å². The van der Waals surface area contributed by atoms with Gasteiger partial charge >= 0.3 is 28.3 Å². The van der Waals surface area contributed by atoms with Gasteiger partial charge in [0, 0.05) is 0 Å². The third kappa shape index (κ3) is 1.37. The summed E-state index contributed by atoms with van der Waals surface area (Å²) in [6.45, 7) is 0. The van der Waals surface area contributed by atoms with E-state index in [9.17, 15) is 57.1 Å². The normalized spacial score (nSPS) is 34.8. The third-order valence-electron chi connectivity index (χ3n) is 2.41. The van der Waals surface area contributed by atoms with Crippen LogP contribution in [0.3, 0.4) is 0 Å². The molecule has 0 aromatic carbocycles. The van der Waals surface area contributed by atoms with Gasteiger partial charge in [0.25, 0.3) is 15.6 Å². The predicted molar refractivity (Wildman–Crippen MR) is 38.7 cm³/mol. The van der Waals surface area contributed by atoms with E-state index in [1.165, 1.54) is 0 Å². The zero-order valence-electron chi connectivity index (χ0n) is 8.41. The van der Waals surface area contributed by atoms with Crippen molar-refractivity contribution in [1.29, 1.82) is 0 Å². The summed E-state index contributed by atoms with van der Waals surface area (Å²) in [5, 5.41) is -14.0. The maximum Gasteiger partial charge on any atom is 0.445 e. The van der Waals surface area contributed by atoms with Gasteiger partial charge in [-0.25, -0.2) is 12.8 Å². The molecule has 0 aromatic heterocycles. The molecule has 1 atom stereocenters. The van der Waals surface area contributed by atoms with E-state index in [0.717, 1.165) is 0 Å². The van der Waals surface area contributed by atoms with Crippen molar-refractivity contribution in [2.24, 2.45) is 0 Å². The molecular weight excluding hydrogens is 342 g/mol. The second kappa shape index (κ2) is 3.57. The molecule has 1 fully saturated rings. The first kappa shape index (κ1) is 17.0. The van der Waals surface area contributed by atoms with Gasteiger partial charge in [-0.05, 0) is 0 Å². The van der Waals surface area contributed by atoms with Crippen molar-refractivity contribution < 1.29 is 57.1 Å². The smallest absolute Gasteiger partial charge is 0.287 e. The van der Waals surface area contributed by atoms with Crippen molar-refractivity contribution in [2.45, 2.75) is 28.3 Å². The Morgan fingerprint density at radius 1 is 0.850 bits per heavy atom. The van der Waals surface area contributed by atoms with E-state index in [-0.39, 0.29) is 0 Å². The molecule has 20 heavy (non-hydrogen) atoms. The molecule has 0 amide bonds. The topological polar surface area (TPSA) is 51.2 Å². The largest absolute Gasteiger partial charge is 0.445 e. The molecule has 0 radical (unpaired) electrons. The molecule has 1 heterocycles. The summed E-state index contributed by atoms with van der Waals surface area (Å²) in [5.41, 5.74) is 0. The van der Waals surface area contributed by atoms with Gasteiger partial charge in [0.15, 0.2) is 0 Å². The maximum absolute atomic E-state index is 13.2. The van der Waals surface area contributed by atoms with Crippen molar-refractivity contribution in [3.8, 4) is 0 Å². The fourth-order valence-electron chi connectivity index (χ4n) is 1.28. The quantitative estimate of drug-likeness (QED) is 0.634. The van der Waals surface area contributed by atoms with E-state index in [1.54, 1.807) is 0 Å². The van der Waals surface area contributed by atoms with E-state index in [1.807, 2.05) is 0 Å². The number of hydrogen-bond acceptors (Lipinski definition) is 3. The lowest BCUT2D eigenvalue weighted by Crippen LogP contribution is -2.77. The molecule has 118 valence electrons. The van der Waals surface area contributed by atoms with E-state index < -0.39 is 43.9 Å². The lowest BCUT2D eigenvalue weighted by molar-refractivity contribution is -0.292. The van der Waals surface area contributed by atoms with E-state index in [4.69, 9.17) is 0 Å². The molecular formula is C6F10O3S. The molecule has 1 saturated heterocycles. The molecule has 3 nitrogen and oxygen atoms in total. The Labute approximate surface area is 102 Å². The summed E-state index contributed by atoms with van der Waals surface area (Å²) < 4.78 is 147. The molecule has 14 heteroatoms. The van der Waals surface area contributed by atoms with Crippen molar-refractivity contribution in [3.05, 3.63) is 0 Å². The van der Waals surface area contributed by atoms with Crippen LogP contribution in [0.4, 0.5) is 43.9 Å². The van der Waals surface area contributed by atoms with Crippen LogP contribution in [-0.4, -0.2) is 42.5 Å². The molecule has 0 bridgehead atoms. The number of rotatable bonds is 0. The van der Waals surface area contributed by atoms with Crippen molar-refractivity contribution in [2.75, 3.05) is 0 Å². The second-order valence-corrected chi connectivity index (χ2v) is 5.67. The highest BCUT2D eigenvalue weighted by atomic mass is 32.2. The molecule has 1 aliphatic rings. The van der Waals surface area contributed by atoms with Crippen LogP contribution < -0.4 is 0 Å². The minimum Gasteiger partial charge on any atom is -0.287 e. The Hall–Kier alpha value is -1.08. The molecule has 0 saturated carbocycles. The van der Waals surface area contributed by atoms with Gasteiger partial charge in [0.1, 0.15) is 0 Å². The molecule has 0 N–H and O–H groups in total. The number of carbonyl (C=O) groups excluding carboxylic acids is 1. The number of alkyl halides is 10. The SMILES string of the molecule is O=C1C(F)(F)C(F)(F)C(F)(F)S(=O)(=O)C1(F)C(F)(F)F. The van der Waals surface area contributed by atoms with Crippen LogP contribution in [0.5, 0.6) is 0 Å². The lowest BCUT2D eigenvalue weighted by Gasteiger charge is -2.41. The number of Topliss-reactive ketones (excluding diaryl/α,β-unsaturated/α-hetero) is 1. The first-order valence-corrected chi connectivity index (χ1v) is 5.57. The number of ketones is 1. The fraction of sp³-hybridized carbons (Fsp3) is 0.833. The highest BCUT2D eigenvalue weighted by molar-refractivity contribution is 7.94. The average Bonchev–Trinajstić information content (AvgIpc) is 2.22. The van der Waals surface area contributed by atoms with Gasteiger partial charge < -0.3 is 0 Å². The number of sulfone groups is 1. The van der Waals surface area contributed by atoms with Crippen LogP contribution in [0, 0.1) is 0 Å². The van der Waals surface area contributed by atoms with Crippen LogP contribution in [-0.2, 0) is 14.6 Å². The summed E-state index contributed by atoms with van der Waals surface area (Å²) in [6.07, 6.45) is -7.10. The molecule has 0 spiro atoms. The first-order valence-electron chi connectivity index (χ1n) is 4.09. The van der Waals surface area contributed by atoms with E-state index >= 15 is 0 Å². The highest BCUT2D eigenvalue weighted by Crippen LogP contribution is 2.61. The summed E-state index contributed by atoms with van der Waals surface area (Å²) >= 11 is 0. The van der Waals surface area contributed by atoms with E-state index in [0.29, 0.717) is 0 Å².